The molecule has 6 heteroatoms. The first-order valence-corrected chi connectivity index (χ1v) is 7.22. The van der Waals surface area contributed by atoms with Gasteiger partial charge in [0, 0.05) is 18.4 Å². The number of fused-ring (bicyclic) bond motifs is 1. The van der Waals surface area contributed by atoms with E-state index in [-0.39, 0.29) is 12.5 Å². The summed E-state index contributed by atoms with van der Waals surface area (Å²) < 4.78 is 5.56. The minimum absolute atomic E-state index is 0.0469. The van der Waals surface area contributed by atoms with Gasteiger partial charge in [0.05, 0.1) is 0 Å². The maximum atomic E-state index is 12.5. The van der Waals surface area contributed by atoms with Crippen molar-refractivity contribution in [1.82, 2.24) is 4.98 Å². The highest BCUT2D eigenvalue weighted by atomic mass is 16.5. The molecule has 1 aromatic heterocycles. The zero-order valence-corrected chi connectivity index (χ0v) is 12.2. The number of nitrogens with two attached hydrogens (primary N) is 1. The van der Waals surface area contributed by atoms with Gasteiger partial charge < -0.3 is 15.1 Å². The van der Waals surface area contributed by atoms with Gasteiger partial charge in [0.2, 0.25) is 0 Å². The average Bonchev–Trinajstić information content (AvgIpc) is 2.59. The van der Waals surface area contributed by atoms with Gasteiger partial charge in [0.25, 0.3) is 5.91 Å². The molecule has 0 bridgehead atoms. The Morgan fingerprint density at radius 2 is 2.18 bits per heavy atom. The second-order valence-electron chi connectivity index (χ2n) is 5.06. The molecule has 6 nitrogen and oxygen atoms in total. The van der Waals surface area contributed by atoms with E-state index >= 15 is 0 Å². The lowest BCUT2D eigenvalue weighted by atomic mass is 10.0. The number of carbonyl (C=O) groups excluding carboxylic acids is 1. The fourth-order valence-corrected chi connectivity index (χ4v) is 2.63. The summed E-state index contributed by atoms with van der Waals surface area (Å²) in [5.74, 6) is 6.18. The Labute approximate surface area is 128 Å². The summed E-state index contributed by atoms with van der Waals surface area (Å²) >= 11 is 0. The number of nitrogens with zero attached hydrogens (tertiary/aromatic N) is 2. The van der Waals surface area contributed by atoms with Gasteiger partial charge in [0.1, 0.15) is 0 Å². The highest BCUT2D eigenvalue weighted by Gasteiger charge is 2.22. The summed E-state index contributed by atoms with van der Waals surface area (Å²) in [6.45, 7) is 0.670. The number of anilines is 2. The van der Waals surface area contributed by atoms with Crippen LogP contribution in [0.2, 0.25) is 0 Å². The van der Waals surface area contributed by atoms with Crippen LogP contribution in [0, 0.1) is 0 Å². The first-order valence-electron chi connectivity index (χ1n) is 7.22. The number of amides is 1. The largest absolute Gasteiger partial charge is 0.480 e. The first kappa shape index (κ1) is 14.3. The van der Waals surface area contributed by atoms with E-state index in [1.807, 2.05) is 18.2 Å². The van der Waals surface area contributed by atoms with Crippen molar-refractivity contribution in [3.05, 3.63) is 48.2 Å². The molecule has 2 aromatic rings. The molecular weight excluding hydrogens is 280 g/mol. The van der Waals surface area contributed by atoms with E-state index in [0.717, 1.165) is 18.5 Å². The van der Waals surface area contributed by atoms with Crippen LogP contribution >= 0.6 is 0 Å². The van der Waals surface area contributed by atoms with Crippen molar-refractivity contribution in [3.63, 3.8) is 0 Å². The van der Waals surface area contributed by atoms with Gasteiger partial charge in [-0.1, -0.05) is 18.2 Å². The Hall–Kier alpha value is -2.60. The molecule has 1 amide bonds. The van der Waals surface area contributed by atoms with Crippen LogP contribution < -0.4 is 20.9 Å². The Kier molecular flexibility index (Phi) is 4.20. The third kappa shape index (κ3) is 2.87. The second-order valence-corrected chi connectivity index (χ2v) is 5.06. The lowest BCUT2D eigenvalue weighted by molar-refractivity contribution is -0.120. The molecule has 0 atom stereocenters. The smallest absolute Gasteiger partial charge is 0.264 e. The van der Waals surface area contributed by atoms with E-state index in [9.17, 15) is 4.79 Å². The maximum Gasteiger partial charge on any atom is 0.264 e. The Bertz CT molecular complexity index is 675. The van der Waals surface area contributed by atoms with Gasteiger partial charge in [-0.3, -0.25) is 4.79 Å². The number of rotatable bonds is 4. The third-order valence-corrected chi connectivity index (χ3v) is 3.67. The molecule has 0 fully saturated rings. The molecule has 2 heterocycles. The molecular formula is C16H18N4O2. The monoisotopic (exact) mass is 298 g/mol. The number of nitrogens with one attached hydrogen (secondary N) is 1. The lowest BCUT2D eigenvalue weighted by Crippen LogP contribution is -2.38. The van der Waals surface area contributed by atoms with Crippen molar-refractivity contribution >= 4 is 17.4 Å². The van der Waals surface area contributed by atoms with Crippen LogP contribution in [0.25, 0.3) is 0 Å². The number of hydrogen-bond acceptors (Lipinski definition) is 5. The number of ether oxygens (including phenoxy) is 1. The summed E-state index contributed by atoms with van der Waals surface area (Å²) in [6.07, 6.45) is 3.57. The van der Waals surface area contributed by atoms with E-state index in [0.29, 0.717) is 18.1 Å². The van der Waals surface area contributed by atoms with Gasteiger partial charge in [0.15, 0.2) is 18.2 Å². The molecule has 1 aliphatic heterocycles. The minimum Gasteiger partial charge on any atom is -0.480 e. The quantitative estimate of drug-likeness (QED) is 0.663. The van der Waals surface area contributed by atoms with Crippen LogP contribution in [0.5, 0.6) is 5.75 Å². The van der Waals surface area contributed by atoms with Crippen molar-refractivity contribution in [2.75, 3.05) is 23.5 Å². The Balaban J connectivity index is 1.71. The fraction of sp³-hybridized carbons (Fsp3) is 0.250. The number of carbonyl (C=O) groups is 1. The summed E-state index contributed by atoms with van der Waals surface area (Å²) in [4.78, 5) is 18.3. The molecule has 0 aliphatic carbocycles. The minimum atomic E-state index is -0.0704. The third-order valence-electron chi connectivity index (χ3n) is 3.67. The van der Waals surface area contributed by atoms with Crippen LogP contribution in [0.3, 0.4) is 0 Å². The summed E-state index contributed by atoms with van der Waals surface area (Å²) in [5.41, 5.74) is 4.63. The van der Waals surface area contributed by atoms with E-state index in [1.165, 1.54) is 5.56 Å². The molecule has 3 rings (SSSR count). The number of aromatic nitrogens is 1. The number of para-hydroxylation sites is 1. The molecule has 22 heavy (non-hydrogen) atoms. The van der Waals surface area contributed by atoms with Crippen molar-refractivity contribution in [3.8, 4) is 5.75 Å². The molecule has 1 aromatic carbocycles. The summed E-state index contributed by atoms with van der Waals surface area (Å²) in [7, 11) is 0. The van der Waals surface area contributed by atoms with Gasteiger partial charge in [-0.05, 0) is 36.6 Å². The fourth-order valence-electron chi connectivity index (χ4n) is 2.63. The second kappa shape index (κ2) is 6.44. The Morgan fingerprint density at radius 1 is 1.32 bits per heavy atom. The lowest BCUT2D eigenvalue weighted by Gasteiger charge is -2.29. The summed E-state index contributed by atoms with van der Waals surface area (Å²) in [5, 5.41) is 0. The van der Waals surface area contributed by atoms with E-state index < -0.39 is 0 Å². The average molecular weight is 298 g/mol. The number of hydrogen-bond donors (Lipinski definition) is 2. The standard InChI is InChI=1S/C16H18N4O2/c17-19-16-14(8-3-9-18-16)22-11-15(21)20-10-4-6-12-5-1-2-7-13(12)20/h1-3,5,7-9H,4,6,10-11,17H2,(H,18,19). The van der Waals surface area contributed by atoms with Gasteiger partial charge in [-0.2, -0.15) is 0 Å². The number of pyridine rings is 1. The molecule has 1 aliphatic rings. The topological polar surface area (TPSA) is 80.5 Å². The van der Waals surface area contributed by atoms with Crippen molar-refractivity contribution < 1.29 is 9.53 Å². The molecule has 0 unspecified atom stereocenters. The highest BCUT2D eigenvalue weighted by molar-refractivity contribution is 5.95. The van der Waals surface area contributed by atoms with Crippen LogP contribution in [0.1, 0.15) is 12.0 Å². The SMILES string of the molecule is NNc1ncccc1OCC(=O)N1CCCc2ccccc21. The zero-order chi connectivity index (χ0) is 15.4. The summed E-state index contributed by atoms with van der Waals surface area (Å²) in [6, 6.07) is 11.4. The molecule has 0 spiro atoms. The van der Waals surface area contributed by atoms with E-state index in [2.05, 4.69) is 16.5 Å². The normalized spacial score (nSPS) is 13.4. The molecule has 3 N–H and O–H groups in total. The number of nitrogen functional groups attached to an aromatic ring is 1. The molecule has 0 saturated heterocycles. The Morgan fingerprint density at radius 3 is 3.05 bits per heavy atom. The number of hydrazine groups is 1. The maximum absolute atomic E-state index is 12.5. The van der Waals surface area contributed by atoms with Crippen LogP contribution in [-0.4, -0.2) is 24.0 Å². The van der Waals surface area contributed by atoms with Crippen LogP contribution in [0.4, 0.5) is 11.5 Å². The zero-order valence-electron chi connectivity index (χ0n) is 12.2. The number of benzene rings is 1. The van der Waals surface area contributed by atoms with E-state index in [4.69, 9.17) is 10.6 Å². The molecule has 0 radical (unpaired) electrons. The van der Waals surface area contributed by atoms with Crippen molar-refractivity contribution in [2.45, 2.75) is 12.8 Å². The van der Waals surface area contributed by atoms with Crippen LogP contribution in [0.15, 0.2) is 42.6 Å². The van der Waals surface area contributed by atoms with Crippen molar-refractivity contribution in [1.29, 1.82) is 0 Å². The van der Waals surface area contributed by atoms with Gasteiger partial charge >= 0.3 is 0 Å². The van der Waals surface area contributed by atoms with E-state index in [1.54, 1.807) is 23.2 Å². The van der Waals surface area contributed by atoms with Crippen molar-refractivity contribution in [2.24, 2.45) is 5.84 Å². The van der Waals surface area contributed by atoms with Gasteiger partial charge in [-0.25, -0.2) is 10.8 Å². The van der Waals surface area contributed by atoms with Crippen LogP contribution in [-0.2, 0) is 11.2 Å². The molecule has 114 valence electrons. The molecule has 0 saturated carbocycles. The first-order chi connectivity index (χ1) is 10.8. The predicted molar refractivity (Wildman–Crippen MR) is 84.7 cm³/mol. The highest BCUT2D eigenvalue weighted by Crippen LogP contribution is 2.27. The van der Waals surface area contributed by atoms with Gasteiger partial charge in [-0.15, -0.1) is 0 Å². The predicted octanol–water partition coefficient (Wildman–Crippen LogP) is 1.73. The number of aryl methyl sites for hydroxylation is 1.